The second-order valence-electron chi connectivity index (χ2n) is 6.34. The number of benzene rings is 1. The van der Waals surface area contributed by atoms with Gasteiger partial charge in [-0.3, -0.25) is 4.79 Å². The monoisotopic (exact) mass is 293 g/mol. The van der Waals surface area contributed by atoms with Crippen LogP contribution in [-0.4, -0.2) is 36.5 Å². The van der Waals surface area contributed by atoms with Gasteiger partial charge in [0.2, 0.25) is 0 Å². The minimum Gasteiger partial charge on any atom is -0.382 e. The Morgan fingerprint density at radius 3 is 2.52 bits per heavy atom. The molecular weight excluding hydrogens is 269 g/mol. The van der Waals surface area contributed by atoms with Crippen molar-refractivity contribution >= 4 is 11.6 Å². The second kappa shape index (κ2) is 6.02. The molecule has 0 saturated heterocycles. The lowest BCUT2D eigenvalue weighted by Crippen LogP contribution is -2.46. The van der Waals surface area contributed by atoms with Crippen LogP contribution in [0.15, 0.2) is 18.2 Å². The predicted molar refractivity (Wildman–Crippen MR) is 82.9 cm³/mol. The predicted octanol–water partition coefficient (Wildman–Crippen LogP) is 2.60. The quantitative estimate of drug-likeness (QED) is 0.897. The number of primary amides is 1. The van der Waals surface area contributed by atoms with Crippen molar-refractivity contribution in [1.82, 2.24) is 4.90 Å². The molecule has 0 radical (unpaired) electrons. The zero-order valence-corrected chi connectivity index (χ0v) is 12.9. The highest BCUT2D eigenvalue weighted by Crippen LogP contribution is 2.33. The Hall–Kier alpha value is -1.62. The molecule has 21 heavy (non-hydrogen) atoms. The van der Waals surface area contributed by atoms with Gasteiger partial charge in [0.15, 0.2) is 0 Å². The van der Waals surface area contributed by atoms with Crippen LogP contribution in [0.25, 0.3) is 0 Å². The largest absolute Gasteiger partial charge is 0.382 e. The average Bonchev–Trinajstić information content (AvgIpc) is 2.41. The molecule has 5 heteroatoms. The Morgan fingerprint density at radius 1 is 1.38 bits per heavy atom. The zero-order valence-electron chi connectivity index (χ0n) is 12.9. The van der Waals surface area contributed by atoms with Gasteiger partial charge < -0.3 is 16.0 Å². The van der Waals surface area contributed by atoms with E-state index in [9.17, 15) is 9.18 Å². The first-order valence-electron chi connectivity index (χ1n) is 7.36. The van der Waals surface area contributed by atoms with Gasteiger partial charge in [-0.05, 0) is 58.8 Å². The molecule has 3 N–H and O–H groups in total. The highest BCUT2D eigenvalue weighted by atomic mass is 19.1. The number of hydrogen-bond acceptors (Lipinski definition) is 3. The first-order chi connectivity index (χ1) is 9.83. The van der Waals surface area contributed by atoms with Gasteiger partial charge >= 0.3 is 0 Å². The molecule has 0 aromatic heterocycles. The van der Waals surface area contributed by atoms with Gasteiger partial charge in [0.25, 0.3) is 5.91 Å². The zero-order chi connectivity index (χ0) is 15.6. The number of carbonyl (C=O) groups is 1. The summed E-state index contributed by atoms with van der Waals surface area (Å²) in [5.74, 6) is -1.30. The summed E-state index contributed by atoms with van der Waals surface area (Å²) in [6.07, 6.45) is 4.12. The van der Waals surface area contributed by atoms with Crippen LogP contribution in [0.1, 0.15) is 43.0 Å². The number of nitrogens with one attached hydrogen (secondary N) is 1. The molecule has 1 fully saturated rings. The number of carbonyl (C=O) groups excluding carboxylic acids is 1. The number of anilines is 1. The molecule has 1 saturated carbocycles. The number of rotatable bonds is 4. The van der Waals surface area contributed by atoms with Crippen molar-refractivity contribution < 1.29 is 9.18 Å². The molecule has 0 heterocycles. The summed E-state index contributed by atoms with van der Waals surface area (Å²) in [5.41, 5.74) is 5.95. The van der Waals surface area contributed by atoms with Crippen LogP contribution in [0, 0.1) is 5.82 Å². The standard InChI is InChI=1S/C16H24FN3O/c1-16(20(2)3)9-7-11(8-10-16)19-13-6-4-5-12(17)14(13)15(18)21/h4-6,11,19H,7-10H2,1-3H3,(H2,18,21). The van der Waals surface area contributed by atoms with Crippen molar-refractivity contribution in [3.8, 4) is 0 Å². The molecule has 0 unspecified atom stereocenters. The number of amides is 1. The maximum absolute atomic E-state index is 13.7. The van der Waals surface area contributed by atoms with Gasteiger partial charge in [0, 0.05) is 11.6 Å². The summed E-state index contributed by atoms with van der Waals surface area (Å²) < 4.78 is 13.7. The van der Waals surface area contributed by atoms with E-state index in [1.54, 1.807) is 12.1 Å². The van der Waals surface area contributed by atoms with Crippen molar-refractivity contribution in [2.45, 2.75) is 44.2 Å². The van der Waals surface area contributed by atoms with Crippen LogP contribution in [-0.2, 0) is 0 Å². The fourth-order valence-corrected chi connectivity index (χ4v) is 2.95. The molecule has 4 nitrogen and oxygen atoms in total. The van der Waals surface area contributed by atoms with Gasteiger partial charge in [-0.25, -0.2) is 4.39 Å². The first kappa shape index (κ1) is 15.8. The highest BCUT2D eigenvalue weighted by Gasteiger charge is 2.33. The molecule has 0 spiro atoms. The summed E-state index contributed by atoms with van der Waals surface area (Å²) in [4.78, 5) is 13.7. The average molecular weight is 293 g/mol. The van der Waals surface area contributed by atoms with Crippen LogP contribution in [0.4, 0.5) is 10.1 Å². The Labute approximate surface area is 125 Å². The van der Waals surface area contributed by atoms with Crippen molar-refractivity contribution in [2.24, 2.45) is 5.73 Å². The van der Waals surface area contributed by atoms with Gasteiger partial charge in [-0.1, -0.05) is 6.07 Å². The molecule has 1 amide bonds. The van der Waals surface area contributed by atoms with E-state index in [2.05, 4.69) is 31.2 Å². The van der Waals surface area contributed by atoms with E-state index in [1.165, 1.54) is 6.07 Å². The molecule has 0 atom stereocenters. The maximum atomic E-state index is 13.7. The van der Waals surface area contributed by atoms with Gasteiger partial charge in [-0.2, -0.15) is 0 Å². The third kappa shape index (κ3) is 3.35. The fourth-order valence-electron chi connectivity index (χ4n) is 2.95. The third-order valence-electron chi connectivity index (χ3n) is 4.76. The summed E-state index contributed by atoms with van der Waals surface area (Å²) in [7, 11) is 4.21. The van der Waals surface area contributed by atoms with Crippen LogP contribution in [0.3, 0.4) is 0 Å². The molecular formula is C16H24FN3O. The lowest BCUT2D eigenvalue weighted by Gasteiger charge is -2.42. The Morgan fingerprint density at radius 2 is 2.00 bits per heavy atom. The number of hydrogen-bond donors (Lipinski definition) is 2. The van der Waals surface area contributed by atoms with Crippen LogP contribution < -0.4 is 11.1 Å². The van der Waals surface area contributed by atoms with E-state index in [0.29, 0.717) is 5.69 Å². The molecule has 116 valence electrons. The highest BCUT2D eigenvalue weighted by molar-refractivity contribution is 5.98. The van der Waals surface area contributed by atoms with Crippen molar-refractivity contribution in [3.05, 3.63) is 29.6 Å². The molecule has 1 aliphatic carbocycles. The Bertz CT molecular complexity index is 522. The smallest absolute Gasteiger partial charge is 0.253 e. The van der Waals surface area contributed by atoms with Gasteiger partial charge in [-0.15, -0.1) is 0 Å². The van der Waals surface area contributed by atoms with Crippen molar-refractivity contribution in [1.29, 1.82) is 0 Å². The lowest BCUT2D eigenvalue weighted by atomic mass is 9.80. The second-order valence-corrected chi connectivity index (χ2v) is 6.34. The minimum atomic E-state index is -0.732. The molecule has 1 aliphatic rings. The van der Waals surface area contributed by atoms with Crippen LogP contribution >= 0.6 is 0 Å². The fraction of sp³-hybridized carbons (Fsp3) is 0.562. The van der Waals surface area contributed by atoms with Crippen LogP contribution in [0.5, 0.6) is 0 Å². The lowest BCUT2D eigenvalue weighted by molar-refractivity contribution is 0.0996. The number of nitrogens with two attached hydrogens (primary N) is 1. The van der Waals surface area contributed by atoms with Crippen molar-refractivity contribution in [2.75, 3.05) is 19.4 Å². The third-order valence-corrected chi connectivity index (χ3v) is 4.76. The SMILES string of the molecule is CN(C)C1(C)CCC(Nc2cccc(F)c2C(N)=O)CC1. The summed E-state index contributed by atoms with van der Waals surface area (Å²) in [6, 6.07) is 4.81. The summed E-state index contributed by atoms with van der Waals surface area (Å²) >= 11 is 0. The van der Waals surface area contributed by atoms with E-state index < -0.39 is 11.7 Å². The molecule has 1 aromatic carbocycles. The van der Waals surface area contributed by atoms with E-state index in [0.717, 1.165) is 25.7 Å². The molecule has 2 rings (SSSR count). The number of halogens is 1. The Kier molecular flexibility index (Phi) is 4.52. The minimum absolute atomic E-state index is 0.0431. The normalized spacial score (nSPS) is 25.9. The van der Waals surface area contributed by atoms with Gasteiger partial charge in [0.1, 0.15) is 5.82 Å². The van der Waals surface area contributed by atoms with E-state index in [-0.39, 0.29) is 17.1 Å². The summed E-state index contributed by atoms with van der Waals surface area (Å²) in [6.45, 7) is 2.26. The number of nitrogens with zero attached hydrogens (tertiary/aromatic N) is 1. The van der Waals surface area contributed by atoms with Crippen molar-refractivity contribution in [3.63, 3.8) is 0 Å². The Balaban J connectivity index is 2.08. The van der Waals surface area contributed by atoms with Crippen LogP contribution in [0.2, 0.25) is 0 Å². The van der Waals surface area contributed by atoms with E-state index in [1.807, 2.05) is 0 Å². The molecule has 1 aromatic rings. The van der Waals surface area contributed by atoms with E-state index in [4.69, 9.17) is 5.73 Å². The summed E-state index contributed by atoms with van der Waals surface area (Å²) in [5, 5.41) is 3.29. The van der Waals surface area contributed by atoms with Gasteiger partial charge in [0.05, 0.1) is 11.3 Å². The molecule has 0 bridgehead atoms. The topological polar surface area (TPSA) is 58.4 Å². The maximum Gasteiger partial charge on any atom is 0.253 e. The first-order valence-corrected chi connectivity index (χ1v) is 7.36. The van der Waals surface area contributed by atoms with E-state index >= 15 is 0 Å². The molecule has 0 aliphatic heterocycles.